The third kappa shape index (κ3) is 6.64. The first-order chi connectivity index (χ1) is 15.9. The Bertz CT molecular complexity index is 1170. The first-order valence-corrected chi connectivity index (χ1v) is 10.1. The number of hydrazone groups is 1. The third-order valence-corrected chi connectivity index (χ3v) is 4.59. The molecule has 0 bridgehead atoms. The molecule has 0 spiro atoms. The fourth-order valence-electron chi connectivity index (χ4n) is 3.11. The lowest BCUT2D eigenvalue weighted by Gasteiger charge is -2.11. The second-order valence-corrected chi connectivity index (χ2v) is 7.32. The quantitative estimate of drug-likeness (QED) is 0.323. The number of methoxy groups -OCH3 is 1. The van der Waals surface area contributed by atoms with E-state index in [0.717, 1.165) is 11.1 Å². The van der Waals surface area contributed by atoms with Crippen LogP contribution in [0.4, 0.5) is 10.1 Å². The highest BCUT2D eigenvalue weighted by atomic mass is 19.1. The van der Waals surface area contributed by atoms with Crippen LogP contribution in [-0.2, 0) is 16.2 Å². The monoisotopic (exact) mass is 449 g/mol. The third-order valence-electron chi connectivity index (χ3n) is 4.59. The van der Waals surface area contributed by atoms with Crippen molar-refractivity contribution in [1.82, 2.24) is 5.43 Å². The zero-order chi connectivity index (χ0) is 23.8. The summed E-state index contributed by atoms with van der Waals surface area (Å²) in [5.41, 5.74) is 5.69. The van der Waals surface area contributed by atoms with Crippen LogP contribution in [0.1, 0.15) is 22.3 Å². The maximum absolute atomic E-state index is 13.8. The summed E-state index contributed by atoms with van der Waals surface area (Å²) in [5, 5.41) is 6.36. The Hall–Kier alpha value is -4.20. The molecule has 33 heavy (non-hydrogen) atoms. The zero-order valence-corrected chi connectivity index (χ0v) is 18.5. The van der Waals surface area contributed by atoms with E-state index in [1.807, 2.05) is 19.9 Å². The van der Waals surface area contributed by atoms with E-state index < -0.39 is 11.8 Å². The van der Waals surface area contributed by atoms with Gasteiger partial charge in [0.05, 0.1) is 13.3 Å². The predicted octanol–water partition coefficient (Wildman–Crippen LogP) is 4.12. The van der Waals surface area contributed by atoms with Crippen LogP contribution >= 0.6 is 0 Å². The highest BCUT2D eigenvalue weighted by Gasteiger charge is 2.13. The first kappa shape index (κ1) is 23.5. The summed E-state index contributed by atoms with van der Waals surface area (Å²) in [5.74, 6) is -1.24. The topological polar surface area (TPSA) is 89.0 Å². The Balaban J connectivity index is 1.58. The molecule has 170 valence electrons. The number of benzene rings is 3. The van der Waals surface area contributed by atoms with Crippen LogP contribution in [0.2, 0.25) is 0 Å². The molecule has 0 aliphatic carbocycles. The molecule has 0 aromatic heterocycles. The molecule has 2 N–H and O–H groups in total. The highest BCUT2D eigenvalue weighted by molar-refractivity contribution is 6.39. The summed E-state index contributed by atoms with van der Waals surface area (Å²) < 4.78 is 24.8. The fourth-order valence-corrected chi connectivity index (χ4v) is 3.11. The van der Waals surface area contributed by atoms with Crippen molar-refractivity contribution in [2.75, 3.05) is 12.4 Å². The Kier molecular flexibility index (Phi) is 7.75. The van der Waals surface area contributed by atoms with Crippen molar-refractivity contribution in [3.63, 3.8) is 0 Å². The number of ether oxygens (including phenoxy) is 2. The van der Waals surface area contributed by atoms with Gasteiger partial charge in [-0.15, -0.1) is 0 Å². The van der Waals surface area contributed by atoms with Crippen molar-refractivity contribution >= 4 is 23.7 Å². The summed E-state index contributed by atoms with van der Waals surface area (Å²) in [7, 11) is 1.48. The minimum atomic E-state index is -0.901. The van der Waals surface area contributed by atoms with Crippen LogP contribution in [0.25, 0.3) is 0 Å². The second kappa shape index (κ2) is 10.9. The van der Waals surface area contributed by atoms with Crippen LogP contribution in [0.15, 0.2) is 65.8 Å². The molecule has 3 aromatic carbocycles. The fraction of sp³-hybridized carbons (Fsp3) is 0.160. The van der Waals surface area contributed by atoms with E-state index in [1.165, 1.54) is 19.4 Å². The van der Waals surface area contributed by atoms with Crippen LogP contribution in [0.5, 0.6) is 11.5 Å². The molecule has 8 heteroatoms. The standard InChI is InChI=1S/C25H24FN3O4/c1-16-10-17(2)12-20(11-16)28-24(30)25(31)29-27-14-18-8-9-22(23(13-18)32-3)33-15-19-6-4-5-7-21(19)26/h4-14H,15H2,1-3H3,(H,28,30)(H,29,31). The van der Waals surface area contributed by atoms with E-state index in [-0.39, 0.29) is 12.4 Å². The second-order valence-electron chi connectivity index (χ2n) is 7.32. The number of halogens is 1. The molecule has 0 saturated heterocycles. The molecule has 2 amide bonds. The van der Waals surface area contributed by atoms with Crippen molar-refractivity contribution in [1.29, 1.82) is 0 Å². The molecule has 0 aliphatic heterocycles. The van der Waals surface area contributed by atoms with Gasteiger partial charge in [-0.05, 0) is 66.9 Å². The lowest BCUT2D eigenvalue weighted by Crippen LogP contribution is -2.32. The lowest BCUT2D eigenvalue weighted by molar-refractivity contribution is -0.136. The number of carbonyl (C=O) groups excluding carboxylic acids is 2. The Morgan fingerprint density at radius 1 is 0.970 bits per heavy atom. The van der Waals surface area contributed by atoms with Crippen molar-refractivity contribution in [2.45, 2.75) is 20.5 Å². The van der Waals surface area contributed by atoms with Gasteiger partial charge in [0.1, 0.15) is 12.4 Å². The van der Waals surface area contributed by atoms with E-state index >= 15 is 0 Å². The van der Waals surface area contributed by atoms with E-state index in [1.54, 1.807) is 48.5 Å². The van der Waals surface area contributed by atoms with E-state index in [4.69, 9.17) is 9.47 Å². The molecular weight excluding hydrogens is 425 g/mol. The van der Waals surface area contributed by atoms with E-state index in [2.05, 4.69) is 15.8 Å². The molecule has 0 radical (unpaired) electrons. The SMILES string of the molecule is COc1cc(C=NNC(=O)C(=O)Nc2cc(C)cc(C)c2)ccc1OCc1ccccc1F. The Morgan fingerprint density at radius 3 is 2.39 bits per heavy atom. The van der Waals surface area contributed by atoms with Crippen molar-refractivity contribution in [3.8, 4) is 11.5 Å². The average molecular weight is 449 g/mol. The summed E-state index contributed by atoms with van der Waals surface area (Å²) >= 11 is 0. The molecule has 0 fully saturated rings. The molecule has 3 aromatic rings. The number of rotatable bonds is 7. The number of anilines is 1. The smallest absolute Gasteiger partial charge is 0.329 e. The number of hydrogen-bond acceptors (Lipinski definition) is 5. The molecular formula is C25H24FN3O4. The number of nitrogens with one attached hydrogen (secondary N) is 2. The molecule has 7 nitrogen and oxygen atoms in total. The van der Waals surface area contributed by atoms with Crippen LogP contribution in [-0.4, -0.2) is 25.1 Å². The molecule has 0 saturated carbocycles. The van der Waals surface area contributed by atoms with Gasteiger partial charge in [-0.1, -0.05) is 24.3 Å². The van der Waals surface area contributed by atoms with Gasteiger partial charge in [-0.25, -0.2) is 9.82 Å². The van der Waals surface area contributed by atoms with Gasteiger partial charge in [0, 0.05) is 11.3 Å². The zero-order valence-electron chi connectivity index (χ0n) is 18.5. The molecule has 0 heterocycles. The van der Waals surface area contributed by atoms with Crippen LogP contribution < -0.4 is 20.2 Å². The molecule has 0 unspecified atom stereocenters. The van der Waals surface area contributed by atoms with Gasteiger partial charge in [0.2, 0.25) is 0 Å². The lowest BCUT2D eigenvalue weighted by atomic mass is 10.1. The summed E-state index contributed by atoms with van der Waals surface area (Å²) in [6, 6.07) is 16.8. The van der Waals surface area contributed by atoms with Crippen LogP contribution in [0, 0.1) is 19.7 Å². The first-order valence-electron chi connectivity index (χ1n) is 10.1. The van der Waals surface area contributed by atoms with Crippen molar-refractivity contribution in [3.05, 3.63) is 88.7 Å². The van der Waals surface area contributed by atoms with Crippen molar-refractivity contribution < 1.29 is 23.5 Å². The summed E-state index contributed by atoms with van der Waals surface area (Å²) in [6.07, 6.45) is 1.37. The van der Waals surface area contributed by atoms with Gasteiger partial charge in [0.25, 0.3) is 0 Å². The average Bonchev–Trinajstić information content (AvgIpc) is 2.78. The molecule has 3 rings (SSSR count). The minimum absolute atomic E-state index is 0.0438. The largest absolute Gasteiger partial charge is 0.493 e. The van der Waals surface area contributed by atoms with Gasteiger partial charge >= 0.3 is 11.8 Å². The maximum atomic E-state index is 13.8. The minimum Gasteiger partial charge on any atom is -0.493 e. The number of carbonyl (C=O) groups is 2. The van der Waals surface area contributed by atoms with Gasteiger partial charge in [-0.2, -0.15) is 5.10 Å². The highest BCUT2D eigenvalue weighted by Crippen LogP contribution is 2.28. The number of hydrogen-bond donors (Lipinski definition) is 2. The van der Waals surface area contributed by atoms with E-state index in [9.17, 15) is 14.0 Å². The molecule has 0 aliphatic rings. The van der Waals surface area contributed by atoms with Crippen molar-refractivity contribution in [2.24, 2.45) is 5.10 Å². The normalized spacial score (nSPS) is 10.7. The number of amides is 2. The van der Waals surface area contributed by atoms with Crippen LogP contribution in [0.3, 0.4) is 0 Å². The summed E-state index contributed by atoms with van der Waals surface area (Å²) in [6.45, 7) is 3.84. The van der Waals surface area contributed by atoms with Gasteiger partial charge in [-0.3, -0.25) is 9.59 Å². The summed E-state index contributed by atoms with van der Waals surface area (Å²) in [4.78, 5) is 24.1. The number of aryl methyl sites for hydroxylation is 2. The Labute approximate surface area is 191 Å². The van der Waals surface area contributed by atoms with E-state index in [0.29, 0.717) is 28.3 Å². The predicted molar refractivity (Wildman–Crippen MR) is 124 cm³/mol. The Morgan fingerprint density at radius 2 is 1.70 bits per heavy atom. The van der Waals surface area contributed by atoms with Gasteiger partial charge < -0.3 is 14.8 Å². The number of nitrogens with zero attached hydrogens (tertiary/aromatic N) is 1. The molecule has 0 atom stereocenters. The maximum Gasteiger partial charge on any atom is 0.329 e. The van der Waals surface area contributed by atoms with Gasteiger partial charge in [0.15, 0.2) is 11.5 Å².